The second kappa shape index (κ2) is 9.17. The second-order valence-corrected chi connectivity index (χ2v) is 11.7. The van der Waals surface area contributed by atoms with Crippen LogP contribution in [0.2, 0.25) is 0 Å². The fourth-order valence-corrected chi connectivity index (χ4v) is 6.79. The van der Waals surface area contributed by atoms with Gasteiger partial charge in [0.25, 0.3) is 0 Å². The van der Waals surface area contributed by atoms with Crippen molar-refractivity contribution in [2.24, 2.45) is 23.7 Å². The van der Waals surface area contributed by atoms with Crippen LogP contribution in [-0.2, 0) is 19.7 Å². The Morgan fingerprint density at radius 3 is 2.26 bits per heavy atom. The van der Waals surface area contributed by atoms with Crippen LogP contribution in [-0.4, -0.2) is 24.5 Å². The summed E-state index contributed by atoms with van der Waals surface area (Å²) in [6, 6.07) is 8.09. The first-order chi connectivity index (χ1) is 16.0. The van der Waals surface area contributed by atoms with E-state index >= 15 is 0 Å². The number of anilines is 1. The van der Waals surface area contributed by atoms with Gasteiger partial charge in [-0.15, -0.1) is 11.3 Å². The fraction of sp³-hybridized carbons (Fsp3) is 0.519. The molecule has 0 radical (unpaired) electrons. The molecular weight excluding hydrogens is 450 g/mol. The van der Waals surface area contributed by atoms with Gasteiger partial charge in [-0.3, -0.25) is 4.79 Å². The number of carboxylic acids is 1. The maximum atomic E-state index is 13.3. The number of nitrogens with one attached hydrogen (secondary N) is 1. The van der Waals surface area contributed by atoms with E-state index < -0.39 is 23.8 Å². The van der Waals surface area contributed by atoms with Gasteiger partial charge in [0.1, 0.15) is 10.6 Å². The first-order valence-corrected chi connectivity index (χ1v) is 12.8. The minimum atomic E-state index is -1.15. The van der Waals surface area contributed by atoms with E-state index in [0.717, 1.165) is 35.3 Å². The summed E-state index contributed by atoms with van der Waals surface area (Å²) in [6.45, 7) is 10.3. The van der Waals surface area contributed by atoms with Crippen LogP contribution >= 0.6 is 11.3 Å². The average Bonchev–Trinajstić information content (AvgIpc) is 3.46. The molecule has 0 spiro atoms. The Balaban J connectivity index is 1.70. The Labute approximate surface area is 204 Å². The molecule has 2 bridgehead atoms. The number of amides is 1. The van der Waals surface area contributed by atoms with Gasteiger partial charge in [-0.2, -0.15) is 0 Å². The van der Waals surface area contributed by atoms with Crippen LogP contribution in [0.5, 0.6) is 0 Å². The van der Waals surface area contributed by atoms with Gasteiger partial charge in [-0.1, -0.05) is 45.0 Å². The SMILES string of the molecule is CCOC(=O)c1c(NC(=O)C2C3CCC(C3)C2C(=O)[O-])sc(C)c1-c1ccc(C(C)(C)C)cc1. The number of benzene rings is 1. The van der Waals surface area contributed by atoms with E-state index in [1.165, 1.54) is 16.9 Å². The Kier molecular flexibility index (Phi) is 6.60. The lowest BCUT2D eigenvalue weighted by Gasteiger charge is -2.30. The van der Waals surface area contributed by atoms with Gasteiger partial charge in [0.2, 0.25) is 5.91 Å². The molecule has 1 aromatic heterocycles. The van der Waals surface area contributed by atoms with Crippen molar-refractivity contribution in [1.82, 2.24) is 0 Å². The standard InChI is InChI=1S/C27H33NO5S/c1-6-33-26(32)22-19(15-9-11-18(12-10-15)27(3,4)5)14(2)34-24(22)28-23(29)20-16-7-8-17(13-16)21(20)25(30)31/h9-12,16-17,20-21H,6-8,13H2,1-5H3,(H,28,29)(H,30,31)/p-1. The maximum Gasteiger partial charge on any atom is 0.341 e. The van der Waals surface area contributed by atoms with E-state index in [9.17, 15) is 19.5 Å². The molecule has 1 amide bonds. The highest BCUT2D eigenvalue weighted by atomic mass is 32.1. The highest BCUT2D eigenvalue weighted by Gasteiger charge is 2.51. The van der Waals surface area contributed by atoms with Crippen molar-refractivity contribution in [3.05, 3.63) is 40.3 Å². The van der Waals surface area contributed by atoms with Crippen molar-refractivity contribution in [3.63, 3.8) is 0 Å². The van der Waals surface area contributed by atoms with Gasteiger partial charge >= 0.3 is 5.97 Å². The van der Waals surface area contributed by atoms with Crippen molar-refractivity contribution < 1.29 is 24.2 Å². The number of thiophene rings is 1. The minimum Gasteiger partial charge on any atom is -0.550 e. The summed E-state index contributed by atoms with van der Waals surface area (Å²) in [5, 5.41) is 15.1. The van der Waals surface area contributed by atoms with E-state index in [0.29, 0.717) is 10.6 Å². The summed E-state index contributed by atoms with van der Waals surface area (Å²) in [7, 11) is 0. The molecule has 4 rings (SSSR count). The van der Waals surface area contributed by atoms with Crippen LogP contribution < -0.4 is 10.4 Å². The predicted molar refractivity (Wildman–Crippen MR) is 131 cm³/mol. The summed E-state index contributed by atoms with van der Waals surface area (Å²) >= 11 is 1.32. The Hall–Kier alpha value is -2.67. The minimum absolute atomic E-state index is 0.00152. The van der Waals surface area contributed by atoms with Crippen LogP contribution in [0.25, 0.3) is 11.1 Å². The third-order valence-electron chi connectivity index (χ3n) is 7.33. The second-order valence-electron chi connectivity index (χ2n) is 10.5. The van der Waals surface area contributed by atoms with Gasteiger partial charge in [0, 0.05) is 28.2 Å². The number of hydrogen-bond donors (Lipinski definition) is 1. The first-order valence-electron chi connectivity index (χ1n) is 12.0. The summed E-state index contributed by atoms with van der Waals surface area (Å²) in [4.78, 5) is 39.0. The van der Waals surface area contributed by atoms with Crippen LogP contribution in [0.3, 0.4) is 0 Å². The van der Waals surface area contributed by atoms with Gasteiger partial charge in [0.15, 0.2) is 0 Å². The van der Waals surface area contributed by atoms with E-state index in [4.69, 9.17) is 4.74 Å². The average molecular weight is 483 g/mol. The van der Waals surface area contributed by atoms with Gasteiger partial charge in [0.05, 0.1) is 6.61 Å². The highest BCUT2D eigenvalue weighted by Crippen LogP contribution is 2.53. The summed E-state index contributed by atoms with van der Waals surface area (Å²) < 4.78 is 5.35. The van der Waals surface area contributed by atoms with E-state index in [1.807, 2.05) is 19.1 Å². The largest absolute Gasteiger partial charge is 0.550 e. The predicted octanol–water partition coefficient (Wildman–Crippen LogP) is 4.55. The molecule has 2 aliphatic carbocycles. The lowest BCUT2D eigenvalue weighted by Crippen LogP contribution is -2.44. The number of aliphatic carboxylic acids is 1. The van der Waals surface area contributed by atoms with E-state index in [1.54, 1.807) is 6.92 Å². The lowest BCUT2D eigenvalue weighted by molar-refractivity contribution is -0.314. The van der Waals surface area contributed by atoms with Crippen LogP contribution in [0, 0.1) is 30.6 Å². The molecule has 2 aromatic rings. The third kappa shape index (κ3) is 4.38. The lowest BCUT2D eigenvalue weighted by atomic mass is 9.78. The maximum absolute atomic E-state index is 13.3. The number of esters is 1. The molecular formula is C27H32NO5S-. The monoisotopic (exact) mass is 482 g/mol. The van der Waals surface area contributed by atoms with Crippen molar-refractivity contribution in [3.8, 4) is 11.1 Å². The molecule has 6 nitrogen and oxygen atoms in total. The first kappa shape index (κ1) is 24.5. The molecule has 0 aliphatic heterocycles. The molecule has 182 valence electrons. The zero-order valence-electron chi connectivity index (χ0n) is 20.4. The highest BCUT2D eigenvalue weighted by molar-refractivity contribution is 7.17. The molecule has 2 fully saturated rings. The molecule has 34 heavy (non-hydrogen) atoms. The summed E-state index contributed by atoms with van der Waals surface area (Å²) in [5.41, 5.74) is 3.12. The number of carbonyl (C=O) groups is 3. The van der Waals surface area contributed by atoms with Crippen molar-refractivity contribution in [2.45, 2.75) is 59.3 Å². The summed E-state index contributed by atoms with van der Waals surface area (Å²) in [5.74, 6) is -3.35. The number of ether oxygens (including phenoxy) is 1. The normalized spacial score (nSPS) is 23.7. The molecule has 0 saturated heterocycles. The smallest absolute Gasteiger partial charge is 0.341 e. The quantitative estimate of drug-likeness (QED) is 0.610. The summed E-state index contributed by atoms with van der Waals surface area (Å²) in [6.07, 6.45) is 2.43. The Morgan fingerprint density at radius 2 is 1.71 bits per heavy atom. The topological polar surface area (TPSA) is 95.5 Å². The zero-order valence-corrected chi connectivity index (χ0v) is 21.2. The van der Waals surface area contributed by atoms with E-state index in [2.05, 4.69) is 38.2 Å². The molecule has 1 aromatic carbocycles. The molecule has 4 atom stereocenters. The fourth-order valence-electron chi connectivity index (χ4n) is 5.72. The molecule has 4 unspecified atom stereocenters. The van der Waals surface area contributed by atoms with Gasteiger partial charge < -0.3 is 20.0 Å². The van der Waals surface area contributed by atoms with Gasteiger partial charge in [-0.25, -0.2) is 4.79 Å². The van der Waals surface area contributed by atoms with Crippen LogP contribution in [0.1, 0.15) is 67.8 Å². The Morgan fingerprint density at radius 1 is 1.09 bits per heavy atom. The van der Waals surface area contributed by atoms with Crippen molar-refractivity contribution in [2.75, 3.05) is 11.9 Å². The number of rotatable bonds is 6. The zero-order chi connectivity index (χ0) is 24.8. The molecule has 1 N–H and O–H groups in total. The van der Waals surface area contributed by atoms with Crippen LogP contribution in [0.15, 0.2) is 24.3 Å². The number of fused-ring (bicyclic) bond motifs is 2. The number of aryl methyl sites for hydroxylation is 1. The number of carboxylic acid groups (broad SMARTS) is 1. The van der Waals surface area contributed by atoms with Crippen molar-refractivity contribution >= 4 is 34.2 Å². The molecule has 2 saturated carbocycles. The van der Waals surface area contributed by atoms with Crippen LogP contribution in [0.4, 0.5) is 5.00 Å². The van der Waals surface area contributed by atoms with E-state index in [-0.39, 0.29) is 29.8 Å². The van der Waals surface area contributed by atoms with Crippen molar-refractivity contribution in [1.29, 1.82) is 0 Å². The molecule has 1 heterocycles. The third-order valence-corrected chi connectivity index (χ3v) is 8.35. The Bertz CT molecular complexity index is 1110. The van der Waals surface area contributed by atoms with Gasteiger partial charge in [-0.05, 0) is 61.5 Å². The number of carbonyl (C=O) groups excluding carboxylic acids is 3. The molecule has 2 aliphatic rings. The molecule has 7 heteroatoms. The number of hydrogen-bond acceptors (Lipinski definition) is 6.